The molecule has 6 nitrogen and oxygen atoms in total. The Balaban J connectivity index is 2.32. The Bertz CT molecular complexity index is 862. The van der Waals surface area contributed by atoms with Crippen LogP contribution in [0.4, 0.5) is 11.4 Å². The lowest BCUT2D eigenvalue weighted by Gasteiger charge is -2.22. The van der Waals surface area contributed by atoms with E-state index < -0.39 is 10.0 Å². The van der Waals surface area contributed by atoms with Crippen LogP contribution in [0.5, 0.6) is 11.5 Å². The van der Waals surface area contributed by atoms with E-state index in [1.807, 2.05) is 19.1 Å². The van der Waals surface area contributed by atoms with Gasteiger partial charge < -0.3 is 14.4 Å². The molecule has 0 radical (unpaired) electrons. The van der Waals surface area contributed by atoms with Gasteiger partial charge >= 0.3 is 0 Å². The lowest BCUT2D eigenvalue weighted by Crippen LogP contribution is -2.22. The quantitative estimate of drug-likeness (QED) is 0.759. The second-order valence-electron chi connectivity index (χ2n) is 5.79. The maximum absolute atomic E-state index is 12.7. The summed E-state index contributed by atoms with van der Waals surface area (Å²) in [7, 11) is -0.762. The summed E-state index contributed by atoms with van der Waals surface area (Å²) in [5.41, 5.74) is 2.48. The smallest absolute Gasteiger partial charge is 0.262 e. The molecule has 0 bridgehead atoms. The van der Waals surface area contributed by atoms with Gasteiger partial charge in [-0.15, -0.1) is 0 Å². The van der Waals surface area contributed by atoms with Gasteiger partial charge in [0.15, 0.2) is 11.5 Å². The highest BCUT2D eigenvalue weighted by atomic mass is 32.2. The van der Waals surface area contributed by atoms with Gasteiger partial charge in [-0.1, -0.05) is 0 Å². The number of nitrogens with zero attached hydrogens (tertiary/aromatic N) is 1. The van der Waals surface area contributed by atoms with Crippen molar-refractivity contribution in [3.63, 3.8) is 0 Å². The average molecular weight is 378 g/mol. The summed E-state index contributed by atoms with van der Waals surface area (Å²) in [5, 5.41) is 0. The molecule has 2 rings (SSSR count). The molecular formula is C19H26N2O4S. The fraction of sp³-hybridized carbons (Fsp3) is 0.368. The molecule has 26 heavy (non-hydrogen) atoms. The molecule has 0 unspecified atom stereocenters. The van der Waals surface area contributed by atoms with Crippen LogP contribution in [-0.4, -0.2) is 35.7 Å². The van der Waals surface area contributed by atoms with Crippen molar-refractivity contribution >= 4 is 21.4 Å². The number of nitrogens with one attached hydrogen (secondary N) is 1. The van der Waals surface area contributed by atoms with Crippen LogP contribution in [0.1, 0.15) is 19.4 Å². The van der Waals surface area contributed by atoms with Crippen LogP contribution < -0.4 is 19.1 Å². The summed E-state index contributed by atoms with van der Waals surface area (Å²) < 4.78 is 38.5. The minimum atomic E-state index is -3.74. The summed E-state index contributed by atoms with van der Waals surface area (Å²) in [6.07, 6.45) is 0. The Morgan fingerprint density at radius 1 is 0.962 bits per heavy atom. The average Bonchev–Trinajstić information content (AvgIpc) is 2.64. The van der Waals surface area contributed by atoms with Crippen LogP contribution >= 0.6 is 0 Å². The topological polar surface area (TPSA) is 67.9 Å². The number of benzene rings is 2. The second-order valence-corrected chi connectivity index (χ2v) is 7.48. The highest BCUT2D eigenvalue weighted by Gasteiger charge is 2.18. The molecule has 2 aromatic rings. The van der Waals surface area contributed by atoms with Crippen LogP contribution in [0, 0.1) is 6.92 Å². The summed E-state index contributed by atoms with van der Waals surface area (Å²) in [6, 6.07) is 10.2. The lowest BCUT2D eigenvalue weighted by atomic mass is 10.1. The molecule has 142 valence electrons. The van der Waals surface area contributed by atoms with Crippen molar-refractivity contribution in [2.45, 2.75) is 25.7 Å². The number of sulfonamides is 1. The zero-order chi connectivity index (χ0) is 19.3. The summed E-state index contributed by atoms with van der Waals surface area (Å²) >= 11 is 0. The van der Waals surface area contributed by atoms with Gasteiger partial charge in [-0.05, 0) is 56.7 Å². The Kier molecular flexibility index (Phi) is 6.37. The summed E-state index contributed by atoms with van der Waals surface area (Å²) in [6.45, 7) is 7.86. The molecule has 1 N–H and O–H groups in total. The van der Waals surface area contributed by atoms with Gasteiger partial charge in [0.1, 0.15) is 0 Å². The molecule has 0 aliphatic rings. The van der Waals surface area contributed by atoms with Crippen LogP contribution in [0.15, 0.2) is 41.3 Å². The molecular weight excluding hydrogens is 352 g/mol. The standard InChI is InChI=1S/C19H26N2O4S/c1-6-21(7-2)15-8-10-17(14(3)12-15)20-26(22,23)16-9-11-18(24-4)19(13-16)25-5/h8-13,20H,6-7H2,1-5H3. The van der Waals surface area contributed by atoms with E-state index in [-0.39, 0.29) is 4.90 Å². The first-order valence-corrected chi connectivity index (χ1v) is 9.95. The molecule has 2 aromatic carbocycles. The molecule has 0 atom stereocenters. The predicted octanol–water partition coefficient (Wildman–Crippen LogP) is 3.66. The van der Waals surface area contributed by atoms with Gasteiger partial charge in [0.25, 0.3) is 10.0 Å². The fourth-order valence-electron chi connectivity index (χ4n) is 2.74. The Hall–Kier alpha value is -2.41. The number of hydrogen-bond acceptors (Lipinski definition) is 5. The maximum atomic E-state index is 12.7. The SMILES string of the molecule is CCN(CC)c1ccc(NS(=O)(=O)c2ccc(OC)c(OC)c2)c(C)c1. The third-order valence-electron chi connectivity index (χ3n) is 4.25. The van der Waals surface area contributed by atoms with Gasteiger partial charge in [0, 0.05) is 24.8 Å². The van der Waals surface area contributed by atoms with Gasteiger partial charge in [0.2, 0.25) is 0 Å². The van der Waals surface area contributed by atoms with Crippen LogP contribution in [0.3, 0.4) is 0 Å². The molecule has 0 amide bonds. The lowest BCUT2D eigenvalue weighted by molar-refractivity contribution is 0.354. The fourth-order valence-corrected chi connectivity index (χ4v) is 3.88. The van der Waals surface area contributed by atoms with Crippen LogP contribution in [-0.2, 0) is 10.0 Å². The van der Waals surface area contributed by atoms with E-state index in [2.05, 4.69) is 23.5 Å². The number of anilines is 2. The molecule has 7 heteroatoms. The molecule has 0 saturated heterocycles. The number of ether oxygens (including phenoxy) is 2. The number of methoxy groups -OCH3 is 2. The minimum Gasteiger partial charge on any atom is -0.493 e. The molecule has 0 aliphatic heterocycles. The number of rotatable bonds is 8. The largest absolute Gasteiger partial charge is 0.493 e. The van der Waals surface area contributed by atoms with E-state index in [9.17, 15) is 8.42 Å². The first-order valence-electron chi connectivity index (χ1n) is 8.46. The van der Waals surface area contributed by atoms with Crippen molar-refractivity contribution in [3.05, 3.63) is 42.0 Å². The Morgan fingerprint density at radius 2 is 1.62 bits per heavy atom. The first-order chi connectivity index (χ1) is 12.4. The number of aryl methyl sites for hydroxylation is 1. The van der Waals surface area contributed by atoms with Gasteiger partial charge in [0.05, 0.1) is 24.8 Å². The maximum Gasteiger partial charge on any atom is 0.262 e. The normalized spacial score (nSPS) is 11.1. The van der Waals surface area contributed by atoms with E-state index in [4.69, 9.17) is 9.47 Å². The van der Waals surface area contributed by atoms with Crippen molar-refractivity contribution < 1.29 is 17.9 Å². The zero-order valence-corrected chi connectivity index (χ0v) is 16.7. The van der Waals surface area contributed by atoms with Gasteiger partial charge in [-0.2, -0.15) is 0 Å². The van der Waals surface area contributed by atoms with Gasteiger partial charge in [-0.25, -0.2) is 8.42 Å². The molecule has 0 aliphatic carbocycles. The van der Waals surface area contributed by atoms with Gasteiger partial charge in [-0.3, -0.25) is 4.72 Å². The van der Waals surface area contributed by atoms with Crippen LogP contribution in [0.25, 0.3) is 0 Å². The third kappa shape index (κ3) is 4.22. The van der Waals surface area contributed by atoms with Crippen molar-refractivity contribution in [2.75, 3.05) is 36.9 Å². The van der Waals surface area contributed by atoms with E-state index in [1.54, 1.807) is 12.1 Å². The zero-order valence-electron chi connectivity index (χ0n) is 15.9. The van der Waals surface area contributed by atoms with Crippen LogP contribution in [0.2, 0.25) is 0 Å². The number of hydrogen-bond donors (Lipinski definition) is 1. The van der Waals surface area contributed by atoms with E-state index >= 15 is 0 Å². The molecule has 0 heterocycles. The molecule has 0 aromatic heterocycles. The monoisotopic (exact) mass is 378 g/mol. The van der Waals surface area contributed by atoms with Crippen molar-refractivity contribution in [3.8, 4) is 11.5 Å². The highest BCUT2D eigenvalue weighted by Crippen LogP contribution is 2.31. The highest BCUT2D eigenvalue weighted by molar-refractivity contribution is 7.92. The first kappa shape index (κ1) is 19.9. The minimum absolute atomic E-state index is 0.113. The third-order valence-corrected chi connectivity index (χ3v) is 5.61. The van der Waals surface area contributed by atoms with Crippen molar-refractivity contribution in [1.29, 1.82) is 0 Å². The van der Waals surface area contributed by atoms with Crippen molar-refractivity contribution in [2.24, 2.45) is 0 Å². The van der Waals surface area contributed by atoms with E-state index in [0.29, 0.717) is 17.2 Å². The molecule has 0 fully saturated rings. The van der Waals surface area contributed by atoms with E-state index in [0.717, 1.165) is 24.3 Å². The molecule has 0 saturated carbocycles. The predicted molar refractivity (Wildman–Crippen MR) is 105 cm³/mol. The Morgan fingerprint density at radius 3 is 2.15 bits per heavy atom. The second kappa shape index (κ2) is 8.31. The summed E-state index contributed by atoms with van der Waals surface area (Å²) in [5.74, 6) is 0.843. The van der Waals surface area contributed by atoms with Crippen molar-refractivity contribution in [1.82, 2.24) is 0 Å². The molecule has 0 spiro atoms. The Labute approximate surface area is 155 Å². The van der Waals surface area contributed by atoms with E-state index in [1.165, 1.54) is 26.4 Å². The summed E-state index contributed by atoms with van der Waals surface area (Å²) in [4.78, 5) is 2.32.